The maximum absolute atomic E-state index is 12.6. The van der Waals surface area contributed by atoms with Gasteiger partial charge in [0.1, 0.15) is 18.1 Å². The molecule has 4 atom stereocenters. The number of rotatable bonds is 16. The molecule has 0 aromatic heterocycles. The molecule has 10 N–H and O–H groups in total. The Labute approximate surface area is 189 Å². The molecular formula is C18H32N6O7S. The van der Waals surface area contributed by atoms with Crippen LogP contribution in [0.2, 0.25) is 0 Å². The molecule has 0 aliphatic heterocycles. The second kappa shape index (κ2) is 15.0. The molecule has 0 rings (SSSR count). The molecular weight excluding hydrogens is 444 g/mol. The number of carboxylic acid groups (broad SMARTS) is 1. The summed E-state index contributed by atoms with van der Waals surface area (Å²) in [4.78, 5) is 70.3. The fraction of sp³-hybridized carbons (Fsp3) is 0.667. The van der Waals surface area contributed by atoms with E-state index in [2.05, 4.69) is 16.0 Å². The van der Waals surface area contributed by atoms with E-state index in [1.165, 1.54) is 18.7 Å². The maximum Gasteiger partial charge on any atom is 0.326 e. The van der Waals surface area contributed by atoms with E-state index < -0.39 is 59.7 Å². The van der Waals surface area contributed by atoms with Crippen LogP contribution in [0, 0.1) is 0 Å². The third-order valence-corrected chi connectivity index (χ3v) is 4.97. The topological polar surface area (TPSA) is 237 Å². The molecule has 32 heavy (non-hydrogen) atoms. The molecule has 0 spiro atoms. The van der Waals surface area contributed by atoms with Gasteiger partial charge in [0.05, 0.1) is 6.04 Å². The van der Waals surface area contributed by atoms with Crippen LogP contribution in [0.25, 0.3) is 0 Å². The Morgan fingerprint density at radius 3 is 1.84 bits per heavy atom. The summed E-state index contributed by atoms with van der Waals surface area (Å²) in [5, 5.41) is 16.3. The number of hydrogen-bond acceptors (Lipinski definition) is 8. The molecule has 0 saturated heterocycles. The van der Waals surface area contributed by atoms with Crippen molar-refractivity contribution in [3.05, 3.63) is 0 Å². The van der Waals surface area contributed by atoms with Gasteiger partial charge in [0.25, 0.3) is 0 Å². The van der Waals surface area contributed by atoms with Gasteiger partial charge in [0, 0.05) is 12.8 Å². The summed E-state index contributed by atoms with van der Waals surface area (Å²) in [5.41, 5.74) is 15.8. The quantitative estimate of drug-likeness (QED) is 0.121. The molecule has 0 radical (unpaired) electrons. The van der Waals surface area contributed by atoms with Gasteiger partial charge in [-0.15, -0.1) is 0 Å². The standard InChI is InChI=1S/C18H32N6O7S/c1-9(15(27)24-12(18(30)31)7-8-32-2)22-17(29)11(4-6-14(21)26)23-16(28)10(19)3-5-13(20)25/h9-12H,3-8,19H2,1-2H3,(H2,20,25)(H2,21,26)(H,22,29)(H,23,28)(H,24,27)(H,30,31). The van der Waals surface area contributed by atoms with E-state index in [-0.39, 0.29) is 32.1 Å². The van der Waals surface area contributed by atoms with Crippen LogP contribution in [-0.2, 0) is 28.8 Å². The van der Waals surface area contributed by atoms with Crippen molar-refractivity contribution in [1.82, 2.24) is 16.0 Å². The highest BCUT2D eigenvalue weighted by Crippen LogP contribution is 2.04. The van der Waals surface area contributed by atoms with E-state index in [1.54, 1.807) is 6.26 Å². The monoisotopic (exact) mass is 476 g/mol. The Hall–Kier alpha value is -2.87. The van der Waals surface area contributed by atoms with E-state index >= 15 is 0 Å². The zero-order valence-electron chi connectivity index (χ0n) is 18.1. The minimum atomic E-state index is -1.24. The lowest BCUT2D eigenvalue weighted by Crippen LogP contribution is -2.56. The maximum atomic E-state index is 12.6. The molecule has 0 bridgehead atoms. The number of carbonyl (C=O) groups excluding carboxylic acids is 5. The molecule has 14 heteroatoms. The van der Waals surface area contributed by atoms with Crippen LogP contribution >= 0.6 is 11.8 Å². The molecule has 4 unspecified atom stereocenters. The number of nitrogens with one attached hydrogen (secondary N) is 3. The number of carbonyl (C=O) groups is 6. The van der Waals surface area contributed by atoms with Gasteiger partial charge < -0.3 is 38.3 Å². The van der Waals surface area contributed by atoms with Crippen molar-refractivity contribution in [3.63, 3.8) is 0 Å². The number of amides is 5. The first-order valence-electron chi connectivity index (χ1n) is 9.84. The second-order valence-corrected chi connectivity index (χ2v) is 8.07. The van der Waals surface area contributed by atoms with Crippen molar-refractivity contribution in [3.8, 4) is 0 Å². The average Bonchev–Trinajstić information content (AvgIpc) is 2.71. The summed E-state index contributed by atoms with van der Waals surface area (Å²) in [6.07, 6.45) is 1.43. The average molecular weight is 477 g/mol. The first kappa shape index (κ1) is 29.1. The third-order valence-electron chi connectivity index (χ3n) is 4.33. The zero-order valence-corrected chi connectivity index (χ0v) is 18.9. The van der Waals surface area contributed by atoms with Crippen LogP contribution in [0.4, 0.5) is 0 Å². The van der Waals surface area contributed by atoms with Gasteiger partial charge in [-0.1, -0.05) is 0 Å². The summed E-state index contributed by atoms with van der Waals surface area (Å²) in [6.45, 7) is 1.34. The van der Waals surface area contributed by atoms with Gasteiger partial charge in [0.2, 0.25) is 29.5 Å². The van der Waals surface area contributed by atoms with Crippen molar-refractivity contribution in [2.24, 2.45) is 17.2 Å². The lowest BCUT2D eigenvalue weighted by atomic mass is 10.1. The summed E-state index contributed by atoms with van der Waals surface area (Å²) in [6, 6.07) is -4.62. The number of aliphatic carboxylic acids is 1. The first-order valence-corrected chi connectivity index (χ1v) is 11.2. The fourth-order valence-corrected chi connectivity index (χ4v) is 2.90. The third kappa shape index (κ3) is 12.1. The van der Waals surface area contributed by atoms with E-state index in [0.29, 0.717) is 5.75 Å². The fourth-order valence-electron chi connectivity index (χ4n) is 2.43. The Morgan fingerprint density at radius 1 is 0.812 bits per heavy atom. The number of thioether (sulfide) groups is 1. The largest absolute Gasteiger partial charge is 0.480 e. The Morgan fingerprint density at radius 2 is 1.34 bits per heavy atom. The number of nitrogens with two attached hydrogens (primary N) is 3. The van der Waals surface area contributed by atoms with Gasteiger partial charge in [-0.25, -0.2) is 4.79 Å². The predicted molar refractivity (Wildman–Crippen MR) is 117 cm³/mol. The van der Waals surface area contributed by atoms with Crippen molar-refractivity contribution in [2.45, 2.75) is 63.2 Å². The minimum absolute atomic E-state index is 0.0449. The van der Waals surface area contributed by atoms with Crippen LogP contribution in [0.3, 0.4) is 0 Å². The highest BCUT2D eigenvalue weighted by Gasteiger charge is 2.28. The summed E-state index contributed by atoms with van der Waals surface area (Å²) in [7, 11) is 0. The van der Waals surface area contributed by atoms with Gasteiger partial charge in [0.15, 0.2) is 0 Å². The SMILES string of the molecule is CSCCC(NC(=O)C(C)NC(=O)C(CCC(N)=O)NC(=O)C(N)CCC(N)=O)C(=O)O. The highest BCUT2D eigenvalue weighted by atomic mass is 32.2. The summed E-state index contributed by atoms with van der Waals surface area (Å²) >= 11 is 1.42. The van der Waals surface area contributed by atoms with Crippen LogP contribution < -0.4 is 33.2 Å². The molecule has 5 amide bonds. The molecule has 182 valence electrons. The van der Waals surface area contributed by atoms with Crippen LogP contribution in [-0.4, -0.2) is 76.8 Å². The number of hydrogen-bond donors (Lipinski definition) is 7. The molecule has 0 aromatic carbocycles. The van der Waals surface area contributed by atoms with Crippen LogP contribution in [0.15, 0.2) is 0 Å². The van der Waals surface area contributed by atoms with Gasteiger partial charge in [-0.2, -0.15) is 11.8 Å². The van der Waals surface area contributed by atoms with E-state index in [4.69, 9.17) is 17.2 Å². The smallest absolute Gasteiger partial charge is 0.326 e. The van der Waals surface area contributed by atoms with Crippen molar-refractivity contribution in [1.29, 1.82) is 0 Å². The molecule has 13 nitrogen and oxygen atoms in total. The van der Waals surface area contributed by atoms with Gasteiger partial charge in [-0.05, 0) is 38.2 Å². The number of carboxylic acids is 1. The summed E-state index contributed by atoms with van der Waals surface area (Å²) < 4.78 is 0. The van der Waals surface area contributed by atoms with Crippen molar-refractivity contribution < 1.29 is 33.9 Å². The molecule has 0 aliphatic carbocycles. The van der Waals surface area contributed by atoms with E-state index in [0.717, 1.165) is 0 Å². The zero-order chi connectivity index (χ0) is 24.8. The Balaban J connectivity index is 5.08. The van der Waals surface area contributed by atoms with Crippen LogP contribution in [0.5, 0.6) is 0 Å². The van der Waals surface area contributed by atoms with Crippen LogP contribution in [0.1, 0.15) is 39.0 Å². The number of primary amides is 2. The predicted octanol–water partition coefficient (Wildman–Crippen LogP) is -2.84. The van der Waals surface area contributed by atoms with E-state index in [9.17, 15) is 33.9 Å². The lowest BCUT2D eigenvalue weighted by Gasteiger charge is -2.23. The Bertz CT molecular complexity index is 705. The normalized spacial score (nSPS) is 14.3. The first-order chi connectivity index (χ1) is 14.9. The Kier molecular flexibility index (Phi) is 13.7. The highest BCUT2D eigenvalue weighted by molar-refractivity contribution is 7.98. The van der Waals surface area contributed by atoms with E-state index in [1.807, 2.05) is 0 Å². The lowest BCUT2D eigenvalue weighted by molar-refractivity contribution is -0.142. The van der Waals surface area contributed by atoms with Gasteiger partial charge >= 0.3 is 5.97 Å². The molecule has 0 aliphatic rings. The molecule has 0 heterocycles. The van der Waals surface area contributed by atoms with Gasteiger partial charge in [-0.3, -0.25) is 24.0 Å². The molecule has 0 saturated carbocycles. The molecule has 0 aromatic rings. The summed E-state index contributed by atoms with van der Waals surface area (Å²) in [5.74, 6) is -4.33. The molecule has 0 fully saturated rings. The second-order valence-electron chi connectivity index (χ2n) is 7.09. The van der Waals surface area contributed by atoms with Crippen molar-refractivity contribution >= 4 is 47.3 Å². The van der Waals surface area contributed by atoms with Crippen molar-refractivity contribution in [2.75, 3.05) is 12.0 Å². The minimum Gasteiger partial charge on any atom is -0.480 e.